The smallest absolute Gasteiger partial charge is 0.337 e. The molecule has 0 radical (unpaired) electrons. The van der Waals surface area contributed by atoms with Gasteiger partial charge in [0.25, 0.3) is 0 Å². The average molecular weight is 605 g/mol. The third-order valence-electron chi connectivity index (χ3n) is 7.25. The maximum absolute atomic E-state index is 14.4. The Kier molecular flexibility index (Phi) is 10.9. The van der Waals surface area contributed by atoms with Crippen molar-refractivity contribution in [2.24, 2.45) is 0 Å². The minimum Gasteiger partial charge on any atom is -0.497 e. The highest BCUT2D eigenvalue weighted by molar-refractivity contribution is 5.91. The molecule has 0 amide bonds. The molecule has 7 heteroatoms. The molecule has 0 fully saturated rings. The van der Waals surface area contributed by atoms with Crippen LogP contribution in [0.1, 0.15) is 68.6 Å². The van der Waals surface area contributed by atoms with Crippen molar-refractivity contribution in [3.63, 3.8) is 0 Å². The van der Waals surface area contributed by atoms with Gasteiger partial charge in [-0.3, -0.25) is 0 Å². The number of aliphatic hydroxyl groups excluding tert-OH is 1. The standard InChI is InChI=1S/C19H21FO3.C18H21FO2/c1-19(2,3)16-8-6-12(18(21)23-5)10-14(16)15-11-13(22-4)7-9-17(15)20;1-18(2,3)16-7-5-12(11-20)9-14(16)15-10-13(21-4)6-8-17(15)19/h6-11H,1-5H3;5-10,20H,11H2,1-4H3. The Labute approximate surface area is 259 Å². The molecule has 0 saturated heterocycles. The topological polar surface area (TPSA) is 65.0 Å². The second kappa shape index (κ2) is 14.0. The summed E-state index contributed by atoms with van der Waals surface area (Å²) >= 11 is 0. The van der Waals surface area contributed by atoms with Gasteiger partial charge in [0.05, 0.1) is 33.5 Å². The molecular formula is C37H42F2O5. The summed E-state index contributed by atoms with van der Waals surface area (Å²) in [6.45, 7) is 12.3. The van der Waals surface area contributed by atoms with Crippen LogP contribution in [0.25, 0.3) is 22.3 Å². The van der Waals surface area contributed by atoms with Crippen LogP contribution in [0.2, 0.25) is 0 Å². The van der Waals surface area contributed by atoms with Crippen molar-refractivity contribution in [1.82, 2.24) is 0 Å². The molecule has 0 aromatic heterocycles. The Morgan fingerprint density at radius 3 is 1.50 bits per heavy atom. The van der Waals surface area contributed by atoms with Crippen LogP contribution in [0.4, 0.5) is 8.78 Å². The van der Waals surface area contributed by atoms with Crippen molar-refractivity contribution in [1.29, 1.82) is 0 Å². The third kappa shape index (κ3) is 8.03. The monoisotopic (exact) mass is 604 g/mol. The lowest BCUT2D eigenvalue weighted by atomic mass is 9.81. The fourth-order valence-electron chi connectivity index (χ4n) is 4.91. The zero-order valence-electron chi connectivity index (χ0n) is 27.0. The minimum absolute atomic E-state index is 0.0665. The van der Waals surface area contributed by atoms with Gasteiger partial charge in [-0.05, 0) is 93.2 Å². The minimum atomic E-state index is -0.449. The second-order valence-electron chi connectivity index (χ2n) is 12.5. The Balaban J connectivity index is 0.000000241. The molecule has 4 rings (SSSR count). The summed E-state index contributed by atoms with van der Waals surface area (Å²) in [5.41, 5.74) is 5.15. The first-order valence-electron chi connectivity index (χ1n) is 14.3. The van der Waals surface area contributed by atoms with Gasteiger partial charge in [0.2, 0.25) is 0 Å². The molecule has 0 saturated carbocycles. The summed E-state index contributed by atoms with van der Waals surface area (Å²) in [7, 11) is 4.42. The van der Waals surface area contributed by atoms with E-state index in [1.54, 1.807) is 43.5 Å². The summed E-state index contributed by atoms with van der Waals surface area (Å²) in [6, 6.07) is 20.2. The summed E-state index contributed by atoms with van der Waals surface area (Å²) < 4.78 is 43.8. The lowest BCUT2D eigenvalue weighted by molar-refractivity contribution is 0.0600. The number of halogens is 2. The van der Waals surface area contributed by atoms with Crippen LogP contribution >= 0.6 is 0 Å². The van der Waals surface area contributed by atoms with Crippen LogP contribution in [0, 0.1) is 11.6 Å². The molecule has 0 unspecified atom stereocenters. The quantitative estimate of drug-likeness (QED) is 0.223. The number of carbonyl (C=O) groups is 1. The maximum Gasteiger partial charge on any atom is 0.337 e. The van der Waals surface area contributed by atoms with Crippen LogP contribution in [-0.4, -0.2) is 32.4 Å². The number of carbonyl (C=O) groups excluding carboxylic acids is 1. The van der Waals surface area contributed by atoms with Crippen molar-refractivity contribution in [2.45, 2.75) is 59.0 Å². The van der Waals surface area contributed by atoms with E-state index in [9.17, 15) is 18.7 Å². The van der Waals surface area contributed by atoms with Crippen LogP contribution < -0.4 is 9.47 Å². The Hall–Kier alpha value is -4.23. The van der Waals surface area contributed by atoms with Crippen LogP contribution in [-0.2, 0) is 22.2 Å². The van der Waals surface area contributed by atoms with Gasteiger partial charge >= 0.3 is 5.97 Å². The molecule has 4 aromatic carbocycles. The van der Waals surface area contributed by atoms with E-state index < -0.39 is 5.97 Å². The molecule has 0 aliphatic carbocycles. The van der Waals surface area contributed by atoms with Gasteiger partial charge in [0, 0.05) is 11.1 Å². The Morgan fingerprint density at radius 1 is 0.636 bits per heavy atom. The van der Waals surface area contributed by atoms with Crippen LogP contribution in [0.15, 0.2) is 72.8 Å². The molecular weight excluding hydrogens is 562 g/mol. The lowest BCUT2D eigenvalue weighted by Gasteiger charge is -2.24. The number of methoxy groups -OCH3 is 3. The van der Waals surface area contributed by atoms with Gasteiger partial charge in [-0.25, -0.2) is 13.6 Å². The number of aliphatic hydroxyl groups is 1. The van der Waals surface area contributed by atoms with Crippen molar-refractivity contribution < 1.29 is 32.9 Å². The molecule has 1 N–H and O–H groups in total. The molecule has 5 nitrogen and oxygen atoms in total. The van der Waals surface area contributed by atoms with E-state index in [-0.39, 0.29) is 29.1 Å². The summed E-state index contributed by atoms with van der Waals surface area (Å²) in [5.74, 6) is 0.0649. The highest BCUT2D eigenvalue weighted by Crippen LogP contribution is 2.38. The molecule has 0 bridgehead atoms. The number of esters is 1. The van der Waals surface area contributed by atoms with E-state index in [1.807, 2.05) is 45.0 Å². The SMILES string of the molecule is COC(=O)c1ccc(C(C)(C)C)c(-c2cc(OC)ccc2F)c1.COc1ccc(F)c(-c2cc(CO)ccc2C(C)(C)C)c1. The summed E-state index contributed by atoms with van der Waals surface area (Å²) in [5, 5.41) is 9.35. The van der Waals surface area contributed by atoms with Crippen LogP contribution in [0.3, 0.4) is 0 Å². The predicted molar refractivity (Wildman–Crippen MR) is 171 cm³/mol. The van der Waals surface area contributed by atoms with Gasteiger partial charge in [0.1, 0.15) is 23.1 Å². The third-order valence-corrected chi connectivity index (χ3v) is 7.25. The summed E-state index contributed by atoms with van der Waals surface area (Å²) in [4.78, 5) is 11.8. The van der Waals surface area contributed by atoms with Gasteiger partial charge in [-0.1, -0.05) is 59.7 Å². The maximum atomic E-state index is 14.4. The van der Waals surface area contributed by atoms with E-state index in [2.05, 4.69) is 20.8 Å². The number of rotatable bonds is 6. The molecule has 0 atom stereocenters. The highest BCUT2D eigenvalue weighted by atomic mass is 19.1. The number of hydrogen-bond donors (Lipinski definition) is 1. The van der Waals surface area contributed by atoms with E-state index >= 15 is 0 Å². The molecule has 0 aliphatic rings. The van der Waals surface area contributed by atoms with E-state index in [4.69, 9.17) is 14.2 Å². The number of hydrogen-bond acceptors (Lipinski definition) is 5. The van der Waals surface area contributed by atoms with E-state index in [0.29, 0.717) is 33.8 Å². The first kappa shape index (κ1) is 34.3. The van der Waals surface area contributed by atoms with E-state index in [1.165, 1.54) is 26.4 Å². The lowest BCUT2D eigenvalue weighted by Crippen LogP contribution is -2.14. The Bertz CT molecular complexity index is 1610. The molecule has 234 valence electrons. The molecule has 4 aromatic rings. The Morgan fingerprint density at radius 2 is 1.09 bits per heavy atom. The van der Waals surface area contributed by atoms with Crippen molar-refractivity contribution >= 4 is 5.97 Å². The largest absolute Gasteiger partial charge is 0.497 e. The van der Waals surface area contributed by atoms with Gasteiger partial charge in [0.15, 0.2) is 0 Å². The van der Waals surface area contributed by atoms with Crippen LogP contribution in [0.5, 0.6) is 11.5 Å². The van der Waals surface area contributed by atoms with Gasteiger partial charge in [-0.15, -0.1) is 0 Å². The van der Waals surface area contributed by atoms with E-state index in [0.717, 1.165) is 22.3 Å². The predicted octanol–water partition coefficient (Wildman–Crippen LogP) is 8.88. The van der Waals surface area contributed by atoms with Gasteiger partial charge in [-0.2, -0.15) is 0 Å². The highest BCUT2D eigenvalue weighted by Gasteiger charge is 2.23. The average Bonchev–Trinajstić information content (AvgIpc) is 3.00. The first-order chi connectivity index (χ1) is 20.6. The molecule has 0 spiro atoms. The zero-order valence-corrected chi connectivity index (χ0v) is 27.0. The molecule has 0 heterocycles. The van der Waals surface area contributed by atoms with Crippen molar-refractivity contribution in [3.05, 3.63) is 107 Å². The van der Waals surface area contributed by atoms with Crippen molar-refractivity contribution in [3.8, 4) is 33.8 Å². The fourth-order valence-corrected chi connectivity index (χ4v) is 4.91. The number of ether oxygens (including phenoxy) is 3. The van der Waals surface area contributed by atoms with Crippen molar-refractivity contribution in [2.75, 3.05) is 21.3 Å². The zero-order chi connectivity index (χ0) is 32.8. The molecule has 0 aliphatic heterocycles. The first-order valence-corrected chi connectivity index (χ1v) is 14.3. The summed E-state index contributed by atoms with van der Waals surface area (Å²) in [6.07, 6.45) is 0. The fraction of sp³-hybridized carbons (Fsp3) is 0.324. The number of benzene rings is 4. The van der Waals surface area contributed by atoms with Gasteiger partial charge < -0.3 is 19.3 Å². The normalized spacial score (nSPS) is 11.4. The second-order valence-corrected chi connectivity index (χ2v) is 12.5. The molecule has 44 heavy (non-hydrogen) atoms.